The summed E-state index contributed by atoms with van der Waals surface area (Å²) < 4.78 is 9.81. The normalized spacial score (nSPS) is 10.1. The number of esters is 1. The predicted molar refractivity (Wildman–Crippen MR) is 85.7 cm³/mol. The monoisotopic (exact) mass is 341 g/mol. The van der Waals surface area contributed by atoms with Crippen LogP contribution in [0.5, 0.6) is 5.75 Å². The number of hydrogen-bond acceptors (Lipinski definition) is 5. The summed E-state index contributed by atoms with van der Waals surface area (Å²) in [6.45, 7) is 3.35. The first-order valence-corrected chi connectivity index (χ1v) is 7.46. The third-order valence-corrected chi connectivity index (χ3v) is 3.69. The average molecular weight is 342 g/mol. The Morgan fingerprint density at radius 1 is 1.13 bits per heavy atom. The molecule has 1 aromatic rings. The molecule has 23 heavy (non-hydrogen) atoms. The minimum atomic E-state index is -0.457. The Balaban J connectivity index is 2.35. The van der Waals surface area contributed by atoms with Crippen molar-refractivity contribution in [3.05, 3.63) is 28.3 Å². The molecule has 0 saturated carbocycles. The number of Topliss-reactive ketones (excluding diaryl/α,β-unsaturated/α-hetero) is 1. The van der Waals surface area contributed by atoms with E-state index in [2.05, 4.69) is 10.1 Å². The summed E-state index contributed by atoms with van der Waals surface area (Å²) in [5.74, 6) is -0.582. The lowest BCUT2D eigenvalue weighted by molar-refractivity contribution is -0.141. The second-order valence-electron chi connectivity index (χ2n) is 5.05. The molecule has 0 unspecified atom stereocenters. The summed E-state index contributed by atoms with van der Waals surface area (Å²) in [5, 5.41) is 3.11. The molecule has 1 N–H and O–H groups in total. The molecule has 1 rings (SSSR count). The minimum absolute atomic E-state index is 0.00499. The van der Waals surface area contributed by atoms with Gasteiger partial charge in [-0.25, -0.2) is 0 Å². The molecule has 0 heterocycles. The number of benzene rings is 1. The Morgan fingerprint density at radius 3 is 2.30 bits per heavy atom. The van der Waals surface area contributed by atoms with Gasteiger partial charge in [-0.15, -0.1) is 0 Å². The van der Waals surface area contributed by atoms with Crippen molar-refractivity contribution in [1.82, 2.24) is 5.32 Å². The molecule has 0 saturated heterocycles. The second-order valence-corrected chi connectivity index (χ2v) is 5.43. The van der Waals surface area contributed by atoms with Crippen LogP contribution in [0.2, 0.25) is 5.02 Å². The third kappa shape index (κ3) is 6.69. The number of ketones is 1. The van der Waals surface area contributed by atoms with Crippen LogP contribution in [0.25, 0.3) is 0 Å². The highest BCUT2D eigenvalue weighted by molar-refractivity contribution is 6.32. The number of ether oxygens (including phenoxy) is 2. The van der Waals surface area contributed by atoms with E-state index in [4.69, 9.17) is 16.3 Å². The van der Waals surface area contributed by atoms with E-state index in [9.17, 15) is 14.4 Å². The van der Waals surface area contributed by atoms with Gasteiger partial charge in [0.05, 0.1) is 20.1 Å². The fourth-order valence-corrected chi connectivity index (χ4v) is 1.93. The molecule has 0 radical (unpaired) electrons. The van der Waals surface area contributed by atoms with Gasteiger partial charge in [0.15, 0.2) is 12.4 Å². The van der Waals surface area contributed by atoms with Crippen molar-refractivity contribution in [3.8, 4) is 5.75 Å². The van der Waals surface area contributed by atoms with Gasteiger partial charge in [-0.05, 0) is 37.1 Å². The van der Waals surface area contributed by atoms with E-state index >= 15 is 0 Å². The summed E-state index contributed by atoms with van der Waals surface area (Å²) >= 11 is 6.05. The van der Waals surface area contributed by atoms with Gasteiger partial charge in [0, 0.05) is 11.4 Å². The molecule has 1 aromatic carbocycles. The maximum absolute atomic E-state index is 11.6. The van der Waals surface area contributed by atoms with Crippen molar-refractivity contribution in [2.75, 3.05) is 20.3 Å². The molecule has 1 amide bonds. The van der Waals surface area contributed by atoms with Crippen molar-refractivity contribution < 1.29 is 23.9 Å². The largest absolute Gasteiger partial charge is 0.484 e. The van der Waals surface area contributed by atoms with Crippen molar-refractivity contribution >= 4 is 29.3 Å². The molecular formula is C16H20ClNO5. The molecular weight excluding hydrogens is 322 g/mol. The molecule has 0 aliphatic rings. The highest BCUT2D eigenvalue weighted by Crippen LogP contribution is 2.25. The first-order chi connectivity index (χ1) is 10.8. The zero-order chi connectivity index (χ0) is 17.4. The van der Waals surface area contributed by atoms with Crippen LogP contribution in [0, 0.1) is 13.8 Å². The van der Waals surface area contributed by atoms with Crippen molar-refractivity contribution in [2.24, 2.45) is 0 Å². The van der Waals surface area contributed by atoms with Gasteiger partial charge in [-0.1, -0.05) is 11.6 Å². The number of carbonyl (C=O) groups is 3. The number of nitrogens with one attached hydrogen (secondary N) is 1. The number of rotatable bonds is 8. The number of hydrogen-bond donors (Lipinski definition) is 1. The minimum Gasteiger partial charge on any atom is -0.484 e. The highest BCUT2D eigenvalue weighted by Gasteiger charge is 2.10. The molecule has 0 aromatic heterocycles. The lowest BCUT2D eigenvalue weighted by Gasteiger charge is -2.10. The Morgan fingerprint density at radius 2 is 1.74 bits per heavy atom. The quantitative estimate of drug-likeness (QED) is 0.731. The molecule has 0 atom stereocenters. The molecule has 0 fully saturated rings. The topological polar surface area (TPSA) is 81.7 Å². The van der Waals surface area contributed by atoms with Gasteiger partial charge in [0.1, 0.15) is 5.75 Å². The number of aryl methyl sites for hydroxylation is 2. The Bertz CT molecular complexity index is 577. The van der Waals surface area contributed by atoms with Crippen LogP contribution in [-0.4, -0.2) is 37.9 Å². The van der Waals surface area contributed by atoms with E-state index in [1.165, 1.54) is 7.11 Å². The Labute approximate surface area is 140 Å². The first-order valence-electron chi connectivity index (χ1n) is 7.08. The molecule has 0 bridgehead atoms. The van der Waals surface area contributed by atoms with Gasteiger partial charge in [-0.2, -0.15) is 0 Å². The predicted octanol–water partition coefficient (Wildman–Crippen LogP) is 1.97. The Kier molecular flexibility index (Phi) is 7.54. The fraction of sp³-hybridized carbons (Fsp3) is 0.438. The zero-order valence-corrected chi connectivity index (χ0v) is 14.2. The fourth-order valence-electron chi connectivity index (χ4n) is 1.82. The van der Waals surface area contributed by atoms with Crippen LogP contribution in [0.4, 0.5) is 0 Å². The van der Waals surface area contributed by atoms with Crippen molar-refractivity contribution in [2.45, 2.75) is 26.7 Å². The molecule has 126 valence electrons. The first kappa shape index (κ1) is 19.0. The second kappa shape index (κ2) is 9.15. The van der Waals surface area contributed by atoms with Crippen LogP contribution in [0.1, 0.15) is 24.0 Å². The number of amides is 1. The van der Waals surface area contributed by atoms with E-state index in [-0.39, 0.29) is 31.8 Å². The number of methoxy groups -OCH3 is 1. The van der Waals surface area contributed by atoms with E-state index in [0.29, 0.717) is 10.8 Å². The van der Waals surface area contributed by atoms with Crippen molar-refractivity contribution in [1.29, 1.82) is 0 Å². The standard InChI is InChI=1S/C16H20ClNO5/c1-10-6-13(7-11(2)16(10)17)23-9-14(20)18-8-12(19)4-5-15(21)22-3/h6-7H,4-5,8-9H2,1-3H3,(H,18,20). The number of carbonyl (C=O) groups excluding carboxylic acids is 3. The highest BCUT2D eigenvalue weighted by atomic mass is 35.5. The molecule has 6 nitrogen and oxygen atoms in total. The molecule has 7 heteroatoms. The lowest BCUT2D eigenvalue weighted by Crippen LogP contribution is -2.33. The van der Waals surface area contributed by atoms with Gasteiger partial charge in [0.25, 0.3) is 5.91 Å². The summed E-state index contributed by atoms with van der Waals surface area (Å²) in [6.07, 6.45) is 0.0361. The van der Waals surface area contributed by atoms with Crippen LogP contribution in [-0.2, 0) is 19.1 Å². The maximum Gasteiger partial charge on any atom is 0.305 e. The van der Waals surface area contributed by atoms with Crippen LogP contribution >= 0.6 is 11.6 Å². The van der Waals surface area contributed by atoms with Gasteiger partial charge < -0.3 is 14.8 Å². The van der Waals surface area contributed by atoms with Crippen LogP contribution in [0.15, 0.2) is 12.1 Å². The van der Waals surface area contributed by atoms with E-state index in [1.54, 1.807) is 12.1 Å². The molecule has 0 aliphatic carbocycles. The molecule has 0 spiro atoms. The van der Waals surface area contributed by atoms with Crippen molar-refractivity contribution in [3.63, 3.8) is 0 Å². The zero-order valence-electron chi connectivity index (χ0n) is 13.4. The van der Waals surface area contributed by atoms with Gasteiger partial charge in [-0.3, -0.25) is 14.4 Å². The maximum atomic E-state index is 11.6. The number of halogens is 1. The third-order valence-electron chi connectivity index (χ3n) is 3.10. The van der Waals surface area contributed by atoms with Gasteiger partial charge in [0.2, 0.25) is 0 Å². The smallest absolute Gasteiger partial charge is 0.305 e. The Hall–Kier alpha value is -2.08. The molecule has 0 aliphatic heterocycles. The summed E-state index contributed by atoms with van der Waals surface area (Å²) in [4.78, 5) is 34.0. The van der Waals surface area contributed by atoms with Crippen LogP contribution < -0.4 is 10.1 Å². The van der Waals surface area contributed by atoms with Crippen LogP contribution in [0.3, 0.4) is 0 Å². The summed E-state index contributed by atoms with van der Waals surface area (Å²) in [5.41, 5.74) is 1.72. The van der Waals surface area contributed by atoms with E-state index in [0.717, 1.165) is 11.1 Å². The van der Waals surface area contributed by atoms with E-state index in [1.807, 2.05) is 13.8 Å². The average Bonchev–Trinajstić information content (AvgIpc) is 2.53. The van der Waals surface area contributed by atoms with E-state index < -0.39 is 11.9 Å². The van der Waals surface area contributed by atoms with Gasteiger partial charge >= 0.3 is 5.97 Å². The SMILES string of the molecule is COC(=O)CCC(=O)CNC(=O)COc1cc(C)c(Cl)c(C)c1. The lowest BCUT2D eigenvalue weighted by atomic mass is 10.1. The summed E-state index contributed by atoms with van der Waals surface area (Å²) in [7, 11) is 1.26. The summed E-state index contributed by atoms with van der Waals surface area (Å²) in [6, 6.07) is 3.48.